The zero-order valence-corrected chi connectivity index (χ0v) is 17.8. The average molecular weight is 481 g/mol. The minimum absolute atomic E-state index is 0.655. The van der Waals surface area contributed by atoms with Gasteiger partial charge in [0, 0.05) is 21.5 Å². The zero-order chi connectivity index (χ0) is 18.1. The molecule has 7 heteroatoms. The normalized spacial score (nSPS) is 15.5. The van der Waals surface area contributed by atoms with Crippen molar-refractivity contribution < 1.29 is 9.47 Å². The summed E-state index contributed by atoms with van der Waals surface area (Å²) in [5.74, 6) is 2.26. The van der Waals surface area contributed by atoms with Gasteiger partial charge in [0.15, 0.2) is 0 Å². The number of hydrogen-bond donors (Lipinski definition) is 0. The Bertz CT molecular complexity index is 938. The summed E-state index contributed by atoms with van der Waals surface area (Å²) in [6.45, 7) is 8.32. The second-order valence-corrected chi connectivity index (χ2v) is 8.81. The van der Waals surface area contributed by atoms with Gasteiger partial charge < -0.3 is 9.47 Å². The number of nitrogens with zero attached hydrogens (tertiary/aromatic N) is 3. The molecular formula is C19H20IN3O2S. The first-order chi connectivity index (χ1) is 12.6. The summed E-state index contributed by atoms with van der Waals surface area (Å²) in [5, 5.41) is 1.03. The molecule has 0 radical (unpaired) electrons. The summed E-state index contributed by atoms with van der Waals surface area (Å²) in [5.41, 5.74) is 1.20. The quantitative estimate of drug-likeness (QED) is 0.513. The monoisotopic (exact) mass is 481 g/mol. The highest BCUT2D eigenvalue weighted by molar-refractivity contribution is 14.1. The van der Waals surface area contributed by atoms with Crippen LogP contribution in [0.2, 0.25) is 0 Å². The fraction of sp³-hybridized carbons (Fsp3) is 0.368. The Hall–Kier alpha value is -1.29. The van der Waals surface area contributed by atoms with E-state index in [9.17, 15) is 0 Å². The van der Waals surface area contributed by atoms with Gasteiger partial charge in [0.2, 0.25) is 5.88 Å². The van der Waals surface area contributed by atoms with E-state index in [1.165, 1.54) is 10.4 Å². The van der Waals surface area contributed by atoms with Gasteiger partial charge >= 0.3 is 0 Å². The number of aryl methyl sites for hydroxylation is 2. The first kappa shape index (κ1) is 18.1. The number of ether oxygens (including phenoxy) is 2. The molecular weight excluding hydrogens is 461 g/mol. The van der Waals surface area contributed by atoms with Crippen LogP contribution in [0.5, 0.6) is 11.6 Å². The number of benzene rings is 1. The molecule has 1 aliphatic rings. The van der Waals surface area contributed by atoms with Crippen LogP contribution >= 0.6 is 33.9 Å². The summed E-state index contributed by atoms with van der Waals surface area (Å²) >= 11 is 4.00. The van der Waals surface area contributed by atoms with Gasteiger partial charge in [-0.3, -0.25) is 4.90 Å². The van der Waals surface area contributed by atoms with E-state index in [0.717, 1.165) is 58.2 Å². The highest BCUT2D eigenvalue weighted by Crippen LogP contribution is 2.36. The molecule has 0 bridgehead atoms. The Morgan fingerprint density at radius 1 is 1.23 bits per heavy atom. The van der Waals surface area contributed by atoms with Crippen LogP contribution in [0.3, 0.4) is 0 Å². The van der Waals surface area contributed by atoms with E-state index in [1.807, 2.05) is 24.3 Å². The molecule has 1 saturated heterocycles. The molecule has 1 aliphatic heterocycles. The van der Waals surface area contributed by atoms with Crippen LogP contribution in [0, 0.1) is 17.4 Å². The van der Waals surface area contributed by atoms with Crippen LogP contribution in [-0.2, 0) is 11.3 Å². The Morgan fingerprint density at radius 2 is 2.04 bits per heavy atom. The van der Waals surface area contributed by atoms with Gasteiger partial charge in [-0.25, -0.2) is 4.98 Å². The highest BCUT2D eigenvalue weighted by atomic mass is 127. The molecule has 0 aliphatic carbocycles. The van der Waals surface area contributed by atoms with Crippen molar-refractivity contribution in [3.05, 3.63) is 44.1 Å². The van der Waals surface area contributed by atoms with Crippen molar-refractivity contribution in [3.8, 4) is 11.6 Å². The maximum absolute atomic E-state index is 6.20. The highest BCUT2D eigenvalue weighted by Gasteiger charge is 2.19. The molecule has 0 saturated carbocycles. The molecule has 136 valence electrons. The molecule has 0 amide bonds. The van der Waals surface area contributed by atoms with E-state index in [4.69, 9.17) is 19.4 Å². The molecule has 2 aromatic heterocycles. The van der Waals surface area contributed by atoms with Gasteiger partial charge in [-0.15, -0.1) is 11.3 Å². The van der Waals surface area contributed by atoms with Crippen LogP contribution in [0.4, 0.5) is 0 Å². The van der Waals surface area contributed by atoms with E-state index < -0.39 is 0 Å². The lowest BCUT2D eigenvalue weighted by Crippen LogP contribution is -2.36. The number of rotatable bonds is 4. The SMILES string of the molecule is Cc1sc2nc(CN3CCOCC3)nc(Oc3cccc(I)c3)c2c1C. The molecule has 0 spiro atoms. The van der Waals surface area contributed by atoms with E-state index in [1.54, 1.807) is 11.3 Å². The number of fused-ring (bicyclic) bond motifs is 1. The van der Waals surface area contributed by atoms with Crippen LogP contribution in [0.25, 0.3) is 10.2 Å². The number of aromatic nitrogens is 2. The van der Waals surface area contributed by atoms with Gasteiger partial charge in [-0.05, 0) is 60.2 Å². The summed E-state index contributed by atoms with van der Waals surface area (Å²) in [7, 11) is 0. The van der Waals surface area contributed by atoms with Crippen LogP contribution in [0.1, 0.15) is 16.3 Å². The topological polar surface area (TPSA) is 47.5 Å². The molecule has 3 aromatic rings. The third-order valence-corrected chi connectivity index (χ3v) is 6.29. The second-order valence-electron chi connectivity index (χ2n) is 6.36. The lowest BCUT2D eigenvalue weighted by molar-refractivity contribution is 0.0330. The first-order valence-electron chi connectivity index (χ1n) is 8.60. The fourth-order valence-corrected chi connectivity index (χ4v) is 4.55. The van der Waals surface area contributed by atoms with E-state index in [-0.39, 0.29) is 0 Å². The molecule has 5 nitrogen and oxygen atoms in total. The molecule has 1 aromatic carbocycles. The van der Waals surface area contributed by atoms with E-state index in [2.05, 4.69) is 41.3 Å². The van der Waals surface area contributed by atoms with Crippen molar-refractivity contribution in [3.63, 3.8) is 0 Å². The lowest BCUT2D eigenvalue weighted by Gasteiger charge is -2.25. The van der Waals surface area contributed by atoms with Crippen molar-refractivity contribution >= 4 is 44.1 Å². The Labute approximate surface area is 170 Å². The predicted molar refractivity (Wildman–Crippen MR) is 112 cm³/mol. The largest absolute Gasteiger partial charge is 0.438 e. The fourth-order valence-electron chi connectivity index (χ4n) is 3.00. The Balaban J connectivity index is 1.72. The van der Waals surface area contributed by atoms with Crippen LogP contribution < -0.4 is 4.74 Å². The molecule has 26 heavy (non-hydrogen) atoms. The summed E-state index contributed by atoms with van der Waals surface area (Å²) in [6.07, 6.45) is 0. The lowest BCUT2D eigenvalue weighted by atomic mass is 10.2. The molecule has 0 unspecified atom stereocenters. The van der Waals surface area contributed by atoms with Gasteiger partial charge in [0.1, 0.15) is 16.4 Å². The van der Waals surface area contributed by atoms with Gasteiger partial charge in [0.25, 0.3) is 0 Å². The van der Waals surface area contributed by atoms with Gasteiger partial charge in [0.05, 0.1) is 25.1 Å². The van der Waals surface area contributed by atoms with Gasteiger partial charge in [-0.1, -0.05) is 6.07 Å². The van der Waals surface area contributed by atoms with Crippen molar-refractivity contribution in [1.82, 2.24) is 14.9 Å². The Morgan fingerprint density at radius 3 is 2.81 bits per heavy atom. The summed E-state index contributed by atoms with van der Waals surface area (Å²) in [4.78, 5) is 14.2. The third-order valence-electron chi connectivity index (χ3n) is 4.52. The summed E-state index contributed by atoms with van der Waals surface area (Å²) < 4.78 is 12.8. The minimum atomic E-state index is 0.655. The first-order valence-corrected chi connectivity index (χ1v) is 10.5. The van der Waals surface area contributed by atoms with Gasteiger partial charge in [-0.2, -0.15) is 4.98 Å². The zero-order valence-electron chi connectivity index (χ0n) is 14.8. The number of thiophene rings is 1. The molecule has 3 heterocycles. The average Bonchev–Trinajstić information content (AvgIpc) is 2.90. The number of halogens is 1. The van der Waals surface area contributed by atoms with E-state index >= 15 is 0 Å². The van der Waals surface area contributed by atoms with E-state index in [0.29, 0.717) is 5.88 Å². The molecule has 0 atom stereocenters. The smallest absolute Gasteiger partial charge is 0.231 e. The minimum Gasteiger partial charge on any atom is -0.438 e. The van der Waals surface area contributed by atoms with Crippen molar-refractivity contribution in [2.75, 3.05) is 26.3 Å². The molecule has 1 fully saturated rings. The predicted octanol–water partition coefficient (Wildman–Crippen LogP) is 4.54. The van der Waals surface area contributed by atoms with Crippen LogP contribution in [0.15, 0.2) is 24.3 Å². The van der Waals surface area contributed by atoms with Crippen molar-refractivity contribution in [2.24, 2.45) is 0 Å². The maximum atomic E-state index is 6.20. The van der Waals surface area contributed by atoms with Crippen molar-refractivity contribution in [1.29, 1.82) is 0 Å². The van der Waals surface area contributed by atoms with Crippen molar-refractivity contribution in [2.45, 2.75) is 20.4 Å². The second kappa shape index (κ2) is 7.75. The molecule has 4 rings (SSSR count). The summed E-state index contributed by atoms with van der Waals surface area (Å²) in [6, 6.07) is 8.03. The molecule has 0 N–H and O–H groups in total. The number of hydrogen-bond acceptors (Lipinski definition) is 6. The third kappa shape index (κ3) is 3.85. The Kier molecular flexibility index (Phi) is 5.40. The van der Waals surface area contributed by atoms with Crippen LogP contribution in [-0.4, -0.2) is 41.2 Å². The maximum Gasteiger partial charge on any atom is 0.231 e. The standard InChI is InChI=1S/C19H20IN3O2S/c1-12-13(2)26-19-17(12)18(25-15-5-3-4-14(20)10-15)21-16(22-19)11-23-6-8-24-9-7-23/h3-5,10H,6-9,11H2,1-2H3. The number of morpholine rings is 1.